The Balaban J connectivity index is 1.84. The van der Waals surface area contributed by atoms with Gasteiger partial charge in [-0.25, -0.2) is 0 Å². The van der Waals surface area contributed by atoms with Crippen molar-refractivity contribution in [2.75, 3.05) is 16.8 Å². The highest BCUT2D eigenvalue weighted by atomic mass is 31.2. The Hall–Kier alpha value is -1.73. The standard InChI is InChI=1S/C26H39N2OP/c1-5-6-7-8-9-12-17-30(29)25-14-11-10-13-23(25)28-24-16-15-22(19-26(24)30)27-21(4)18-20(2)3/h10-11,13-16,19-21,27-28H,5-9,12,17-18H2,1-4H3. The number of anilines is 3. The molecule has 0 aromatic heterocycles. The Kier molecular flexibility index (Phi) is 8.06. The maximum Gasteiger partial charge on any atom is 0.147 e. The monoisotopic (exact) mass is 426 g/mol. The summed E-state index contributed by atoms with van der Waals surface area (Å²) in [6.07, 6.45) is 9.16. The van der Waals surface area contributed by atoms with Crippen molar-refractivity contribution in [2.45, 2.75) is 78.7 Å². The average Bonchev–Trinajstić information content (AvgIpc) is 2.71. The zero-order chi connectivity index (χ0) is 21.6. The normalized spacial score (nSPS) is 18.4. The van der Waals surface area contributed by atoms with Crippen LogP contribution in [-0.2, 0) is 4.57 Å². The molecular formula is C26H39N2OP. The number of benzene rings is 2. The number of hydrogen-bond acceptors (Lipinski definition) is 3. The van der Waals surface area contributed by atoms with Gasteiger partial charge >= 0.3 is 0 Å². The molecule has 1 heterocycles. The summed E-state index contributed by atoms with van der Waals surface area (Å²) in [4.78, 5) is 0. The van der Waals surface area contributed by atoms with Crippen LogP contribution in [0.25, 0.3) is 0 Å². The van der Waals surface area contributed by atoms with Crippen LogP contribution in [-0.4, -0.2) is 12.2 Å². The van der Waals surface area contributed by atoms with Gasteiger partial charge in [-0.05, 0) is 56.0 Å². The Bertz CT molecular complexity index is 877. The Morgan fingerprint density at radius 1 is 0.900 bits per heavy atom. The van der Waals surface area contributed by atoms with Crippen LogP contribution in [0.4, 0.5) is 17.1 Å². The lowest BCUT2D eigenvalue weighted by Gasteiger charge is -2.30. The van der Waals surface area contributed by atoms with Gasteiger partial charge in [-0.3, -0.25) is 0 Å². The van der Waals surface area contributed by atoms with E-state index in [0.717, 1.165) is 53.1 Å². The van der Waals surface area contributed by atoms with Crippen LogP contribution in [0.5, 0.6) is 0 Å². The van der Waals surface area contributed by atoms with Crippen molar-refractivity contribution in [1.82, 2.24) is 0 Å². The SMILES string of the molecule is CCCCCCCCP1(=O)c2ccccc2Nc2ccc(NC(C)CC(C)C)cc21. The maximum absolute atomic E-state index is 14.5. The summed E-state index contributed by atoms with van der Waals surface area (Å²) in [5.41, 5.74) is 3.09. The molecule has 4 heteroatoms. The summed E-state index contributed by atoms with van der Waals surface area (Å²) >= 11 is 0. The van der Waals surface area contributed by atoms with Gasteiger partial charge in [-0.1, -0.05) is 65.0 Å². The molecule has 0 fully saturated rings. The van der Waals surface area contributed by atoms with E-state index in [-0.39, 0.29) is 0 Å². The van der Waals surface area contributed by atoms with Gasteiger partial charge in [0.2, 0.25) is 0 Å². The predicted octanol–water partition coefficient (Wildman–Crippen LogP) is 7.26. The van der Waals surface area contributed by atoms with Crippen molar-refractivity contribution in [3.05, 3.63) is 42.5 Å². The highest BCUT2D eigenvalue weighted by molar-refractivity contribution is 7.79. The molecule has 2 unspecified atom stereocenters. The number of hydrogen-bond donors (Lipinski definition) is 2. The zero-order valence-electron chi connectivity index (χ0n) is 19.2. The second-order valence-electron chi connectivity index (χ2n) is 9.28. The van der Waals surface area contributed by atoms with Gasteiger partial charge in [0.15, 0.2) is 0 Å². The fraction of sp³-hybridized carbons (Fsp3) is 0.538. The van der Waals surface area contributed by atoms with E-state index in [1.54, 1.807) is 0 Å². The summed E-state index contributed by atoms with van der Waals surface area (Å²) in [5.74, 6) is 0.650. The van der Waals surface area contributed by atoms with Crippen LogP contribution >= 0.6 is 7.14 Å². The van der Waals surface area contributed by atoms with Crippen LogP contribution in [0.2, 0.25) is 0 Å². The first kappa shape index (κ1) is 22.9. The minimum Gasteiger partial charge on any atom is -0.383 e. The second kappa shape index (κ2) is 10.5. The highest BCUT2D eigenvalue weighted by Crippen LogP contribution is 2.51. The summed E-state index contributed by atoms with van der Waals surface area (Å²) in [5, 5.41) is 9.15. The molecule has 0 spiro atoms. The van der Waals surface area contributed by atoms with Crippen molar-refractivity contribution in [3.8, 4) is 0 Å². The smallest absolute Gasteiger partial charge is 0.147 e. The third kappa shape index (κ3) is 5.49. The zero-order valence-corrected chi connectivity index (χ0v) is 20.1. The van der Waals surface area contributed by atoms with Gasteiger partial charge in [0.25, 0.3) is 0 Å². The van der Waals surface area contributed by atoms with E-state index < -0.39 is 7.14 Å². The van der Waals surface area contributed by atoms with Gasteiger partial charge < -0.3 is 15.2 Å². The van der Waals surface area contributed by atoms with Gasteiger partial charge in [-0.2, -0.15) is 0 Å². The minimum atomic E-state index is -2.65. The van der Waals surface area contributed by atoms with E-state index in [1.165, 1.54) is 25.7 Å². The molecule has 0 bridgehead atoms. The van der Waals surface area contributed by atoms with E-state index in [0.29, 0.717) is 12.0 Å². The molecule has 2 atom stereocenters. The number of para-hydroxylation sites is 1. The quantitative estimate of drug-likeness (QED) is 0.293. The lowest BCUT2D eigenvalue weighted by atomic mass is 10.1. The van der Waals surface area contributed by atoms with Crippen molar-refractivity contribution in [3.63, 3.8) is 0 Å². The Morgan fingerprint density at radius 2 is 1.60 bits per heavy atom. The first-order chi connectivity index (χ1) is 14.4. The lowest BCUT2D eigenvalue weighted by molar-refractivity contribution is 0.540. The van der Waals surface area contributed by atoms with Crippen molar-refractivity contribution >= 4 is 34.8 Å². The molecule has 2 aromatic carbocycles. The third-order valence-corrected chi connectivity index (χ3v) is 9.28. The number of fused-ring (bicyclic) bond motifs is 2. The molecule has 1 aliphatic rings. The molecule has 3 nitrogen and oxygen atoms in total. The molecule has 0 radical (unpaired) electrons. The highest BCUT2D eigenvalue weighted by Gasteiger charge is 2.35. The van der Waals surface area contributed by atoms with Crippen LogP contribution in [0.1, 0.15) is 72.6 Å². The van der Waals surface area contributed by atoms with E-state index in [2.05, 4.69) is 68.7 Å². The second-order valence-corrected chi connectivity index (χ2v) is 12.2. The van der Waals surface area contributed by atoms with Gasteiger partial charge in [0.05, 0.1) is 0 Å². The van der Waals surface area contributed by atoms with Crippen molar-refractivity contribution < 1.29 is 4.57 Å². The van der Waals surface area contributed by atoms with Crippen molar-refractivity contribution in [1.29, 1.82) is 0 Å². The maximum atomic E-state index is 14.5. The molecule has 2 N–H and O–H groups in total. The van der Waals surface area contributed by atoms with E-state index >= 15 is 0 Å². The van der Waals surface area contributed by atoms with Gasteiger partial charge in [0.1, 0.15) is 7.14 Å². The molecule has 3 rings (SSSR count). The summed E-state index contributed by atoms with van der Waals surface area (Å²) in [6.45, 7) is 8.97. The Morgan fingerprint density at radius 3 is 2.37 bits per heavy atom. The number of rotatable bonds is 11. The third-order valence-electron chi connectivity index (χ3n) is 6.01. The summed E-state index contributed by atoms with van der Waals surface area (Å²) < 4.78 is 14.5. The fourth-order valence-corrected chi connectivity index (χ4v) is 7.73. The molecule has 1 aliphatic heterocycles. The first-order valence-electron chi connectivity index (χ1n) is 11.8. The molecule has 0 amide bonds. The van der Waals surface area contributed by atoms with E-state index in [9.17, 15) is 4.57 Å². The predicted molar refractivity (Wildman–Crippen MR) is 134 cm³/mol. The van der Waals surface area contributed by atoms with Gasteiger partial charge in [0, 0.05) is 39.9 Å². The average molecular weight is 427 g/mol. The molecule has 0 saturated carbocycles. The van der Waals surface area contributed by atoms with Crippen LogP contribution in [0.15, 0.2) is 42.5 Å². The number of unbranched alkanes of at least 4 members (excludes halogenated alkanes) is 5. The summed E-state index contributed by atoms with van der Waals surface area (Å²) in [7, 11) is -2.65. The molecule has 2 aromatic rings. The van der Waals surface area contributed by atoms with E-state index in [1.807, 2.05) is 12.1 Å². The van der Waals surface area contributed by atoms with Crippen molar-refractivity contribution in [2.24, 2.45) is 5.92 Å². The topological polar surface area (TPSA) is 41.1 Å². The fourth-order valence-electron chi connectivity index (χ4n) is 4.60. The first-order valence-corrected chi connectivity index (χ1v) is 13.7. The van der Waals surface area contributed by atoms with E-state index in [4.69, 9.17) is 0 Å². The Labute approximate surface area is 183 Å². The van der Waals surface area contributed by atoms with Crippen LogP contribution < -0.4 is 21.2 Å². The minimum absolute atomic E-state index is 0.393. The molecule has 164 valence electrons. The summed E-state index contributed by atoms with van der Waals surface area (Å²) in [6, 6.07) is 14.9. The lowest BCUT2D eigenvalue weighted by Crippen LogP contribution is -2.29. The molecule has 30 heavy (non-hydrogen) atoms. The largest absolute Gasteiger partial charge is 0.383 e. The van der Waals surface area contributed by atoms with Crippen LogP contribution in [0, 0.1) is 5.92 Å². The molecular weight excluding hydrogens is 387 g/mol. The molecule has 0 saturated heterocycles. The van der Waals surface area contributed by atoms with Gasteiger partial charge in [-0.15, -0.1) is 0 Å². The number of nitrogens with one attached hydrogen (secondary N) is 2. The van der Waals surface area contributed by atoms with Crippen LogP contribution in [0.3, 0.4) is 0 Å². The molecule has 0 aliphatic carbocycles.